The van der Waals surface area contributed by atoms with E-state index in [-0.39, 0.29) is 0 Å². The fourth-order valence-corrected chi connectivity index (χ4v) is 4.33. The van der Waals surface area contributed by atoms with E-state index in [4.69, 9.17) is 4.98 Å². The first kappa shape index (κ1) is 18.2. The van der Waals surface area contributed by atoms with Gasteiger partial charge >= 0.3 is 0 Å². The molecule has 1 aromatic heterocycles. The van der Waals surface area contributed by atoms with Gasteiger partial charge in [-0.15, -0.1) is 11.3 Å². The first-order valence-electron chi connectivity index (χ1n) is 9.19. The molecule has 3 aromatic rings. The lowest BCUT2D eigenvalue weighted by atomic mass is 10.1. The van der Waals surface area contributed by atoms with Gasteiger partial charge in [0.05, 0.1) is 22.5 Å². The summed E-state index contributed by atoms with van der Waals surface area (Å²) in [6, 6.07) is 20.0. The molecular weight excluding hydrogens is 366 g/mol. The summed E-state index contributed by atoms with van der Waals surface area (Å²) in [5.41, 5.74) is 4.15. The van der Waals surface area contributed by atoms with Gasteiger partial charge in [-0.25, -0.2) is 4.98 Å². The van der Waals surface area contributed by atoms with E-state index in [1.165, 1.54) is 0 Å². The van der Waals surface area contributed by atoms with Gasteiger partial charge in [0.2, 0.25) is 0 Å². The zero-order valence-corrected chi connectivity index (χ0v) is 16.2. The van der Waals surface area contributed by atoms with Crippen LogP contribution in [0, 0.1) is 22.7 Å². The van der Waals surface area contributed by atoms with E-state index in [2.05, 4.69) is 39.5 Å². The minimum atomic E-state index is 0.569. The summed E-state index contributed by atoms with van der Waals surface area (Å²) in [5.74, 6) is 0. The van der Waals surface area contributed by atoms with Gasteiger partial charge in [0.15, 0.2) is 0 Å². The summed E-state index contributed by atoms with van der Waals surface area (Å²) in [4.78, 5) is 9.32. The summed E-state index contributed by atoms with van der Waals surface area (Å²) >= 11 is 1.68. The van der Waals surface area contributed by atoms with E-state index in [1.807, 2.05) is 18.2 Å². The van der Waals surface area contributed by atoms with Crippen molar-refractivity contribution >= 4 is 17.0 Å². The Hall–Kier alpha value is -3.19. The smallest absolute Gasteiger partial charge is 0.123 e. The number of nitriles is 2. The first-order valence-corrected chi connectivity index (χ1v) is 10.1. The van der Waals surface area contributed by atoms with E-state index >= 15 is 0 Å². The molecule has 1 fully saturated rings. The van der Waals surface area contributed by atoms with E-state index in [9.17, 15) is 10.5 Å². The zero-order valence-electron chi connectivity index (χ0n) is 15.4. The average Bonchev–Trinajstić information content (AvgIpc) is 3.23. The molecule has 0 spiro atoms. The van der Waals surface area contributed by atoms with Crippen LogP contribution in [0.5, 0.6) is 0 Å². The van der Waals surface area contributed by atoms with E-state index in [0.29, 0.717) is 11.1 Å². The second-order valence-corrected chi connectivity index (χ2v) is 7.56. The van der Waals surface area contributed by atoms with Gasteiger partial charge in [-0.3, -0.25) is 4.90 Å². The van der Waals surface area contributed by atoms with Gasteiger partial charge in [-0.1, -0.05) is 36.4 Å². The van der Waals surface area contributed by atoms with E-state index in [0.717, 1.165) is 54.7 Å². The number of anilines is 1. The van der Waals surface area contributed by atoms with Gasteiger partial charge in [-0.2, -0.15) is 10.5 Å². The lowest BCUT2D eigenvalue weighted by Gasteiger charge is -2.36. The van der Waals surface area contributed by atoms with Crippen LogP contribution in [0.1, 0.15) is 16.8 Å². The van der Waals surface area contributed by atoms with Crippen LogP contribution < -0.4 is 4.90 Å². The second-order valence-electron chi connectivity index (χ2n) is 6.70. The van der Waals surface area contributed by atoms with Crippen LogP contribution in [0.2, 0.25) is 0 Å². The lowest BCUT2D eigenvalue weighted by Crippen LogP contribution is -2.46. The average molecular weight is 385 g/mol. The van der Waals surface area contributed by atoms with E-state index < -0.39 is 0 Å². The molecule has 6 heteroatoms. The highest BCUT2D eigenvalue weighted by Gasteiger charge is 2.22. The van der Waals surface area contributed by atoms with Gasteiger partial charge in [0, 0.05) is 43.7 Å². The van der Waals surface area contributed by atoms with Crippen LogP contribution >= 0.6 is 11.3 Å². The molecule has 0 saturated carbocycles. The van der Waals surface area contributed by atoms with Crippen LogP contribution in [-0.2, 0) is 6.54 Å². The van der Waals surface area contributed by atoms with Crippen molar-refractivity contribution in [2.24, 2.45) is 0 Å². The standard InChI is InChI=1S/C22H19N5S/c23-13-18-7-4-8-19(14-24)21(18)27-11-9-26(10-12-27)15-20-16-28-22(25-20)17-5-2-1-3-6-17/h1-8,16H,9-12,15H2. The molecular formula is C22H19N5S. The number of rotatable bonds is 4. The maximum absolute atomic E-state index is 9.41. The Kier molecular flexibility index (Phi) is 5.34. The van der Waals surface area contributed by atoms with Crippen LogP contribution in [0.25, 0.3) is 10.6 Å². The van der Waals surface area contributed by atoms with E-state index in [1.54, 1.807) is 29.5 Å². The number of aromatic nitrogens is 1. The highest BCUT2D eigenvalue weighted by atomic mass is 32.1. The Labute approximate surface area is 168 Å². The topological polar surface area (TPSA) is 67.0 Å². The van der Waals surface area contributed by atoms with Gasteiger partial charge in [-0.05, 0) is 12.1 Å². The summed E-state index contributed by atoms with van der Waals surface area (Å²) in [5, 5.41) is 22.0. The molecule has 0 radical (unpaired) electrons. The van der Waals surface area contributed by atoms with Crippen molar-refractivity contribution in [3.05, 3.63) is 70.7 Å². The maximum atomic E-state index is 9.41. The monoisotopic (exact) mass is 385 g/mol. The summed E-state index contributed by atoms with van der Waals surface area (Å²) < 4.78 is 0. The Bertz CT molecular complexity index is 1000. The van der Waals surface area contributed by atoms with Crippen LogP contribution in [0.3, 0.4) is 0 Å². The molecule has 138 valence electrons. The number of para-hydroxylation sites is 1. The molecule has 1 saturated heterocycles. The second kappa shape index (κ2) is 8.22. The Morgan fingerprint density at radius 2 is 1.57 bits per heavy atom. The van der Waals surface area contributed by atoms with Crippen LogP contribution in [0.4, 0.5) is 5.69 Å². The van der Waals surface area contributed by atoms with Crippen molar-refractivity contribution in [2.45, 2.75) is 6.54 Å². The molecule has 2 heterocycles. The molecule has 28 heavy (non-hydrogen) atoms. The first-order chi connectivity index (χ1) is 13.8. The molecule has 1 aliphatic heterocycles. The fourth-order valence-electron chi connectivity index (χ4n) is 3.52. The number of hydrogen-bond donors (Lipinski definition) is 0. The number of nitrogens with zero attached hydrogens (tertiary/aromatic N) is 5. The molecule has 0 aliphatic carbocycles. The third-order valence-electron chi connectivity index (χ3n) is 4.92. The largest absolute Gasteiger partial charge is 0.367 e. The third kappa shape index (κ3) is 3.75. The number of thiazole rings is 1. The van der Waals surface area contributed by atoms with Crippen molar-refractivity contribution in [2.75, 3.05) is 31.1 Å². The third-order valence-corrected chi connectivity index (χ3v) is 5.86. The van der Waals surface area contributed by atoms with Gasteiger partial charge < -0.3 is 4.90 Å². The molecule has 0 unspecified atom stereocenters. The van der Waals surface area contributed by atoms with Gasteiger partial charge in [0.1, 0.15) is 17.1 Å². The molecule has 0 amide bonds. The Balaban J connectivity index is 1.42. The lowest BCUT2D eigenvalue weighted by molar-refractivity contribution is 0.247. The predicted octanol–water partition coefficient (Wildman–Crippen LogP) is 3.88. The van der Waals surface area contributed by atoms with Crippen molar-refractivity contribution in [3.8, 4) is 22.7 Å². The minimum absolute atomic E-state index is 0.569. The SMILES string of the molecule is N#Cc1cccc(C#N)c1N1CCN(Cc2csc(-c3ccccc3)n2)CC1. The molecule has 0 N–H and O–H groups in total. The zero-order chi connectivity index (χ0) is 19.3. The molecule has 2 aromatic carbocycles. The normalized spacial score (nSPS) is 14.4. The van der Waals surface area contributed by atoms with Gasteiger partial charge in [0.25, 0.3) is 0 Å². The predicted molar refractivity (Wildman–Crippen MR) is 111 cm³/mol. The summed E-state index contributed by atoms with van der Waals surface area (Å²) in [7, 11) is 0. The van der Waals surface area contributed by atoms with Crippen molar-refractivity contribution < 1.29 is 0 Å². The number of piperazine rings is 1. The Morgan fingerprint density at radius 3 is 2.21 bits per heavy atom. The highest BCUT2D eigenvalue weighted by molar-refractivity contribution is 7.13. The van der Waals surface area contributed by atoms with Crippen molar-refractivity contribution in [1.29, 1.82) is 10.5 Å². The minimum Gasteiger partial charge on any atom is -0.367 e. The van der Waals surface area contributed by atoms with Crippen molar-refractivity contribution in [3.63, 3.8) is 0 Å². The quantitative estimate of drug-likeness (QED) is 0.682. The molecule has 4 rings (SSSR count). The molecule has 5 nitrogen and oxygen atoms in total. The summed E-state index contributed by atoms with van der Waals surface area (Å²) in [6.07, 6.45) is 0. The molecule has 1 aliphatic rings. The number of benzene rings is 2. The maximum Gasteiger partial charge on any atom is 0.123 e. The number of hydrogen-bond acceptors (Lipinski definition) is 6. The highest BCUT2D eigenvalue weighted by Crippen LogP contribution is 2.27. The summed E-state index contributed by atoms with van der Waals surface area (Å²) in [6.45, 7) is 4.17. The Morgan fingerprint density at radius 1 is 0.893 bits per heavy atom. The molecule has 0 atom stereocenters. The van der Waals surface area contributed by atoms with Crippen LogP contribution in [0.15, 0.2) is 53.9 Å². The van der Waals surface area contributed by atoms with Crippen LogP contribution in [-0.4, -0.2) is 36.1 Å². The molecule has 0 bridgehead atoms. The van der Waals surface area contributed by atoms with Crippen molar-refractivity contribution in [1.82, 2.24) is 9.88 Å². The fraction of sp³-hybridized carbons (Fsp3) is 0.227.